The molecule has 1 fully saturated rings. The van der Waals surface area contributed by atoms with Crippen LogP contribution in [-0.4, -0.2) is 54.9 Å². The predicted molar refractivity (Wildman–Crippen MR) is 92.2 cm³/mol. The van der Waals surface area contributed by atoms with Gasteiger partial charge in [0.2, 0.25) is 0 Å². The van der Waals surface area contributed by atoms with E-state index in [9.17, 15) is 9.59 Å². The third-order valence-electron chi connectivity index (χ3n) is 3.79. The molecule has 0 aliphatic carbocycles. The van der Waals surface area contributed by atoms with Crippen molar-refractivity contribution >= 4 is 11.9 Å². The second-order valence-corrected chi connectivity index (χ2v) is 7.11. The number of carbonyl (C=O) groups excluding carboxylic acids is 2. The lowest BCUT2D eigenvalue weighted by Crippen LogP contribution is -2.42. The summed E-state index contributed by atoms with van der Waals surface area (Å²) in [6.07, 6.45) is 0.541. The zero-order valence-corrected chi connectivity index (χ0v) is 15.2. The molecule has 2 rings (SSSR count). The molecule has 0 radical (unpaired) electrons. The van der Waals surface area contributed by atoms with E-state index in [0.717, 1.165) is 0 Å². The molecule has 0 aromatic heterocycles. The van der Waals surface area contributed by atoms with E-state index in [1.165, 1.54) is 7.11 Å². The van der Waals surface area contributed by atoms with E-state index >= 15 is 0 Å². The Hall–Kier alpha value is -2.12. The maximum absolute atomic E-state index is 12.4. The molecule has 25 heavy (non-hydrogen) atoms. The van der Waals surface area contributed by atoms with Crippen molar-refractivity contribution < 1.29 is 23.8 Å². The van der Waals surface area contributed by atoms with Crippen molar-refractivity contribution in [2.45, 2.75) is 44.9 Å². The maximum Gasteiger partial charge on any atom is 0.337 e. The van der Waals surface area contributed by atoms with Gasteiger partial charge in [0.15, 0.2) is 0 Å². The lowest BCUT2D eigenvalue weighted by atomic mass is 10.1. The van der Waals surface area contributed by atoms with E-state index in [-0.39, 0.29) is 18.7 Å². The number of benzene rings is 1. The fourth-order valence-corrected chi connectivity index (χ4v) is 2.66. The van der Waals surface area contributed by atoms with Crippen molar-refractivity contribution in [1.29, 1.82) is 0 Å². The Bertz CT molecular complexity index is 609. The Morgan fingerprint density at radius 2 is 1.88 bits per heavy atom. The topological polar surface area (TPSA) is 91.1 Å². The molecule has 1 saturated heterocycles. The molecule has 1 aliphatic rings. The first-order valence-corrected chi connectivity index (χ1v) is 8.23. The number of hydrogen-bond donors (Lipinski definition) is 1. The molecule has 0 saturated carbocycles. The van der Waals surface area contributed by atoms with Gasteiger partial charge < -0.3 is 19.9 Å². The van der Waals surface area contributed by atoms with Crippen LogP contribution in [0.15, 0.2) is 24.3 Å². The van der Waals surface area contributed by atoms with Gasteiger partial charge in [-0.3, -0.25) is 9.69 Å². The number of hydrogen-bond acceptors (Lipinski definition) is 7. The van der Waals surface area contributed by atoms with E-state index in [4.69, 9.17) is 15.2 Å². The van der Waals surface area contributed by atoms with Gasteiger partial charge >= 0.3 is 11.9 Å². The first-order valence-electron chi connectivity index (χ1n) is 8.23. The molecule has 138 valence electrons. The minimum Gasteiger partial charge on any atom is -0.478 e. The number of likely N-dealkylation sites (tertiary alicyclic amines) is 1. The van der Waals surface area contributed by atoms with Crippen molar-refractivity contribution in [3.05, 3.63) is 29.8 Å². The fraction of sp³-hybridized carbons (Fsp3) is 0.556. The first kappa shape index (κ1) is 19.2. The highest BCUT2D eigenvalue weighted by Crippen LogP contribution is 2.21. The SMILES string of the molecule is COC(=O)c1ccc(OCN2C[C@@H](N)C[C@H]2C(=O)OC(C)(C)C)cc1. The van der Waals surface area contributed by atoms with E-state index in [1.54, 1.807) is 24.3 Å². The van der Waals surface area contributed by atoms with Crippen molar-refractivity contribution in [3.63, 3.8) is 0 Å². The molecule has 0 spiro atoms. The molecule has 7 heteroatoms. The molecule has 7 nitrogen and oxygen atoms in total. The Labute approximate surface area is 148 Å². The van der Waals surface area contributed by atoms with Crippen LogP contribution < -0.4 is 10.5 Å². The summed E-state index contributed by atoms with van der Waals surface area (Å²) in [6, 6.07) is 6.12. The van der Waals surface area contributed by atoms with Gasteiger partial charge in [0.1, 0.15) is 24.1 Å². The fourth-order valence-electron chi connectivity index (χ4n) is 2.66. The van der Waals surface area contributed by atoms with Crippen LogP contribution in [0, 0.1) is 0 Å². The Morgan fingerprint density at radius 1 is 1.24 bits per heavy atom. The number of rotatable bonds is 5. The average Bonchev–Trinajstić information content (AvgIpc) is 2.92. The smallest absolute Gasteiger partial charge is 0.337 e. The van der Waals surface area contributed by atoms with Crippen molar-refractivity contribution in [1.82, 2.24) is 4.90 Å². The summed E-state index contributed by atoms with van der Waals surface area (Å²) in [7, 11) is 1.33. The number of ether oxygens (including phenoxy) is 3. The zero-order valence-electron chi connectivity index (χ0n) is 15.2. The standard InChI is InChI=1S/C18H26N2O5/c1-18(2,3)25-17(22)15-9-13(19)10-20(15)11-24-14-7-5-12(6-8-14)16(21)23-4/h5-8,13,15H,9-11,19H2,1-4H3/t13-,15-/m0/s1. The lowest BCUT2D eigenvalue weighted by molar-refractivity contribution is -0.161. The Morgan fingerprint density at radius 3 is 2.44 bits per heavy atom. The van der Waals surface area contributed by atoms with Crippen LogP contribution in [0.3, 0.4) is 0 Å². The maximum atomic E-state index is 12.4. The third-order valence-corrected chi connectivity index (χ3v) is 3.79. The summed E-state index contributed by atoms with van der Waals surface area (Å²) in [4.78, 5) is 25.6. The minimum absolute atomic E-state index is 0.0946. The zero-order chi connectivity index (χ0) is 18.6. The lowest BCUT2D eigenvalue weighted by Gasteiger charge is -2.27. The van der Waals surface area contributed by atoms with Gasteiger partial charge in [-0.25, -0.2) is 4.79 Å². The van der Waals surface area contributed by atoms with Gasteiger partial charge in [0.05, 0.1) is 12.7 Å². The summed E-state index contributed by atoms with van der Waals surface area (Å²) >= 11 is 0. The average molecular weight is 350 g/mol. The first-order chi connectivity index (χ1) is 11.7. The van der Waals surface area contributed by atoms with Crippen molar-refractivity contribution in [2.24, 2.45) is 5.73 Å². The van der Waals surface area contributed by atoms with Gasteiger partial charge in [-0.05, 0) is 51.5 Å². The molecule has 1 heterocycles. The van der Waals surface area contributed by atoms with Crippen molar-refractivity contribution in [3.8, 4) is 5.75 Å². The van der Waals surface area contributed by atoms with Gasteiger partial charge in [-0.1, -0.05) is 0 Å². The summed E-state index contributed by atoms with van der Waals surface area (Å²) in [5, 5.41) is 0. The molecule has 1 aliphatic heterocycles. The highest BCUT2D eigenvalue weighted by molar-refractivity contribution is 5.89. The second-order valence-electron chi connectivity index (χ2n) is 7.11. The summed E-state index contributed by atoms with van der Waals surface area (Å²) < 4.78 is 15.8. The van der Waals surface area contributed by atoms with E-state index in [1.807, 2.05) is 25.7 Å². The number of esters is 2. The Kier molecular flexibility index (Phi) is 6.02. The molecule has 0 bridgehead atoms. The number of nitrogens with two attached hydrogens (primary N) is 1. The molecule has 2 atom stereocenters. The van der Waals surface area contributed by atoms with Crippen LogP contribution in [0.1, 0.15) is 37.6 Å². The second kappa shape index (κ2) is 7.84. The van der Waals surface area contributed by atoms with Crippen LogP contribution >= 0.6 is 0 Å². The predicted octanol–water partition coefficient (Wildman–Crippen LogP) is 1.55. The molecular weight excluding hydrogens is 324 g/mol. The van der Waals surface area contributed by atoms with Gasteiger partial charge in [0, 0.05) is 12.6 Å². The van der Waals surface area contributed by atoms with Crippen LogP contribution in [-0.2, 0) is 14.3 Å². The quantitative estimate of drug-likeness (QED) is 0.806. The highest BCUT2D eigenvalue weighted by atomic mass is 16.6. The number of nitrogens with zero attached hydrogens (tertiary/aromatic N) is 1. The highest BCUT2D eigenvalue weighted by Gasteiger charge is 2.38. The van der Waals surface area contributed by atoms with Gasteiger partial charge in [0.25, 0.3) is 0 Å². The normalized spacial score (nSPS) is 21.0. The van der Waals surface area contributed by atoms with Crippen LogP contribution in [0.4, 0.5) is 0 Å². The molecule has 1 aromatic carbocycles. The van der Waals surface area contributed by atoms with E-state index in [0.29, 0.717) is 24.3 Å². The third kappa shape index (κ3) is 5.44. The minimum atomic E-state index is -0.542. The Balaban J connectivity index is 1.96. The number of methoxy groups -OCH3 is 1. The van der Waals surface area contributed by atoms with Crippen LogP contribution in [0.5, 0.6) is 5.75 Å². The van der Waals surface area contributed by atoms with E-state index < -0.39 is 17.6 Å². The van der Waals surface area contributed by atoms with Gasteiger partial charge in [-0.15, -0.1) is 0 Å². The molecule has 2 N–H and O–H groups in total. The van der Waals surface area contributed by atoms with Crippen LogP contribution in [0.25, 0.3) is 0 Å². The molecular formula is C18H26N2O5. The largest absolute Gasteiger partial charge is 0.478 e. The monoisotopic (exact) mass is 350 g/mol. The summed E-state index contributed by atoms with van der Waals surface area (Å²) in [6.45, 7) is 6.29. The summed E-state index contributed by atoms with van der Waals surface area (Å²) in [5.74, 6) is -0.0943. The van der Waals surface area contributed by atoms with Crippen molar-refractivity contribution in [2.75, 3.05) is 20.4 Å². The van der Waals surface area contributed by atoms with E-state index in [2.05, 4.69) is 4.74 Å². The number of carbonyl (C=O) groups is 2. The molecule has 1 aromatic rings. The molecule has 0 amide bonds. The van der Waals surface area contributed by atoms with Gasteiger partial charge in [-0.2, -0.15) is 0 Å². The summed E-state index contributed by atoms with van der Waals surface area (Å²) in [5.41, 5.74) is 5.91. The van der Waals surface area contributed by atoms with Crippen LogP contribution in [0.2, 0.25) is 0 Å². The molecule has 0 unspecified atom stereocenters.